The number of aliphatic hydroxyl groups excluding tert-OH is 1. The van der Waals surface area contributed by atoms with E-state index in [1.54, 1.807) is 0 Å². The van der Waals surface area contributed by atoms with E-state index in [4.69, 9.17) is 4.74 Å². The van der Waals surface area contributed by atoms with Crippen LogP contribution in [0.5, 0.6) is 5.75 Å². The van der Waals surface area contributed by atoms with Crippen molar-refractivity contribution in [2.24, 2.45) is 0 Å². The maximum Gasteiger partial charge on any atom is 0.119 e. The Balaban J connectivity index is 2.64. The van der Waals surface area contributed by atoms with Crippen molar-refractivity contribution in [1.82, 2.24) is 0 Å². The van der Waals surface area contributed by atoms with Crippen molar-refractivity contribution in [2.45, 2.75) is 52.2 Å². The standard InChI is InChI=1S/C14H22O2/c1-4-12(5-2)16-13-9-7-11(8-10-13)14(15)6-3/h7-10,12,14-15H,4-6H2,1-3H3. The van der Waals surface area contributed by atoms with Gasteiger partial charge in [0.05, 0.1) is 12.2 Å². The van der Waals surface area contributed by atoms with Crippen LogP contribution in [-0.2, 0) is 0 Å². The van der Waals surface area contributed by atoms with E-state index in [1.807, 2.05) is 31.2 Å². The fraction of sp³-hybridized carbons (Fsp3) is 0.571. The van der Waals surface area contributed by atoms with Crippen LogP contribution in [0, 0.1) is 0 Å². The molecule has 0 aliphatic rings. The second-order valence-corrected chi connectivity index (χ2v) is 4.05. The van der Waals surface area contributed by atoms with Crippen LogP contribution < -0.4 is 4.74 Å². The van der Waals surface area contributed by atoms with Crippen molar-refractivity contribution < 1.29 is 9.84 Å². The zero-order valence-electron chi connectivity index (χ0n) is 10.4. The highest BCUT2D eigenvalue weighted by molar-refractivity contribution is 5.28. The zero-order chi connectivity index (χ0) is 12.0. The van der Waals surface area contributed by atoms with E-state index in [2.05, 4.69) is 13.8 Å². The van der Waals surface area contributed by atoms with Crippen molar-refractivity contribution in [1.29, 1.82) is 0 Å². The Labute approximate surface area is 98.3 Å². The highest BCUT2D eigenvalue weighted by Gasteiger charge is 2.07. The fourth-order valence-corrected chi connectivity index (χ4v) is 1.65. The average Bonchev–Trinajstić information content (AvgIpc) is 2.35. The normalized spacial score (nSPS) is 12.8. The van der Waals surface area contributed by atoms with Crippen LogP contribution in [0.2, 0.25) is 0 Å². The molecule has 0 fully saturated rings. The SMILES string of the molecule is CCC(CC)Oc1ccc(C(O)CC)cc1. The van der Waals surface area contributed by atoms with Gasteiger partial charge in [0.15, 0.2) is 0 Å². The van der Waals surface area contributed by atoms with E-state index in [-0.39, 0.29) is 6.10 Å². The van der Waals surface area contributed by atoms with Crippen LogP contribution in [-0.4, -0.2) is 11.2 Å². The molecule has 16 heavy (non-hydrogen) atoms. The van der Waals surface area contributed by atoms with Gasteiger partial charge in [0.2, 0.25) is 0 Å². The molecule has 0 aliphatic carbocycles. The Kier molecular flexibility index (Phi) is 5.33. The van der Waals surface area contributed by atoms with E-state index in [1.165, 1.54) is 0 Å². The van der Waals surface area contributed by atoms with Gasteiger partial charge in [-0.25, -0.2) is 0 Å². The second kappa shape index (κ2) is 6.54. The average molecular weight is 222 g/mol. The molecule has 1 unspecified atom stereocenters. The van der Waals surface area contributed by atoms with Gasteiger partial charge in [-0.05, 0) is 37.0 Å². The quantitative estimate of drug-likeness (QED) is 0.795. The van der Waals surface area contributed by atoms with Crippen LogP contribution in [0.25, 0.3) is 0 Å². The molecule has 0 radical (unpaired) electrons. The fourth-order valence-electron chi connectivity index (χ4n) is 1.65. The van der Waals surface area contributed by atoms with Crippen molar-refractivity contribution in [3.8, 4) is 5.75 Å². The smallest absolute Gasteiger partial charge is 0.119 e. The predicted molar refractivity (Wildman–Crippen MR) is 66.7 cm³/mol. The van der Waals surface area contributed by atoms with Gasteiger partial charge in [0, 0.05) is 0 Å². The molecule has 2 heteroatoms. The van der Waals surface area contributed by atoms with Gasteiger partial charge in [-0.15, -0.1) is 0 Å². The number of hydrogen-bond acceptors (Lipinski definition) is 2. The molecule has 0 spiro atoms. The summed E-state index contributed by atoms with van der Waals surface area (Å²) in [6, 6.07) is 7.75. The molecule has 0 bridgehead atoms. The van der Waals surface area contributed by atoms with Crippen LogP contribution >= 0.6 is 0 Å². The minimum Gasteiger partial charge on any atom is -0.490 e. The molecule has 1 aromatic carbocycles. The zero-order valence-corrected chi connectivity index (χ0v) is 10.4. The number of ether oxygens (including phenoxy) is 1. The Morgan fingerprint density at radius 1 is 1.00 bits per heavy atom. The summed E-state index contributed by atoms with van der Waals surface area (Å²) in [4.78, 5) is 0. The van der Waals surface area contributed by atoms with Gasteiger partial charge in [0.1, 0.15) is 5.75 Å². The Hall–Kier alpha value is -1.02. The largest absolute Gasteiger partial charge is 0.490 e. The minimum atomic E-state index is -0.359. The summed E-state index contributed by atoms with van der Waals surface area (Å²) in [5.41, 5.74) is 0.958. The molecule has 0 saturated carbocycles. The molecular weight excluding hydrogens is 200 g/mol. The molecule has 0 saturated heterocycles. The summed E-state index contributed by atoms with van der Waals surface area (Å²) >= 11 is 0. The molecule has 0 aromatic heterocycles. The maximum absolute atomic E-state index is 9.65. The Morgan fingerprint density at radius 3 is 2.00 bits per heavy atom. The topological polar surface area (TPSA) is 29.5 Å². The van der Waals surface area contributed by atoms with Crippen LogP contribution in [0.4, 0.5) is 0 Å². The number of benzene rings is 1. The summed E-state index contributed by atoms with van der Waals surface area (Å²) in [6.07, 6.45) is 2.72. The summed E-state index contributed by atoms with van der Waals surface area (Å²) in [7, 11) is 0. The third-order valence-corrected chi connectivity index (χ3v) is 2.87. The van der Waals surface area contributed by atoms with Crippen molar-refractivity contribution >= 4 is 0 Å². The first kappa shape index (κ1) is 13.0. The lowest BCUT2D eigenvalue weighted by atomic mass is 10.1. The van der Waals surface area contributed by atoms with Gasteiger partial charge in [-0.2, -0.15) is 0 Å². The lowest BCUT2D eigenvalue weighted by Crippen LogP contribution is -2.13. The molecular formula is C14H22O2. The first-order valence-corrected chi connectivity index (χ1v) is 6.15. The summed E-state index contributed by atoms with van der Waals surface area (Å²) in [5.74, 6) is 0.890. The molecule has 0 heterocycles. The highest BCUT2D eigenvalue weighted by atomic mass is 16.5. The van der Waals surface area contributed by atoms with Crippen LogP contribution in [0.15, 0.2) is 24.3 Å². The number of rotatable bonds is 6. The van der Waals surface area contributed by atoms with Crippen LogP contribution in [0.3, 0.4) is 0 Å². The van der Waals surface area contributed by atoms with Gasteiger partial charge in [-0.1, -0.05) is 32.9 Å². The lowest BCUT2D eigenvalue weighted by Gasteiger charge is -2.16. The van der Waals surface area contributed by atoms with E-state index in [0.717, 1.165) is 30.6 Å². The molecule has 0 aliphatic heterocycles. The minimum absolute atomic E-state index is 0.293. The highest BCUT2D eigenvalue weighted by Crippen LogP contribution is 2.21. The van der Waals surface area contributed by atoms with E-state index >= 15 is 0 Å². The van der Waals surface area contributed by atoms with E-state index < -0.39 is 0 Å². The van der Waals surface area contributed by atoms with Gasteiger partial charge in [-0.3, -0.25) is 0 Å². The van der Waals surface area contributed by atoms with E-state index in [0.29, 0.717) is 6.10 Å². The first-order valence-electron chi connectivity index (χ1n) is 6.15. The predicted octanol–water partition coefficient (Wildman–Crippen LogP) is 3.70. The number of aliphatic hydroxyl groups is 1. The molecule has 90 valence electrons. The molecule has 1 rings (SSSR count). The number of hydrogen-bond donors (Lipinski definition) is 1. The van der Waals surface area contributed by atoms with Crippen LogP contribution in [0.1, 0.15) is 51.7 Å². The molecule has 0 amide bonds. The Morgan fingerprint density at radius 2 is 1.56 bits per heavy atom. The summed E-state index contributed by atoms with van der Waals surface area (Å²) in [5, 5.41) is 9.65. The van der Waals surface area contributed by atoms with Gasteiger partial charge < -0.3 is 9.84 Å². The van der Waals surface area contributed by atoms with Crippen molar-refractivity contribution in [3.05, 3.63) is 29.8 Å². The third kappa shape index (κ3) is 3.53. The molecule has 2 nitrogen and oxygen atoms in total. The maximum atomic E-state index is 9.65. The molecule has 1 atom stereocenters. The lowest BCUT2D eigenvalue weighted by molar-refractivity contribution is 0.173. The van der Waals surface area contributed by atoms with Gasteiger partial charge >= 0.3 is 0 Å². The molecule has 1 aromatic rings. The van der Waals surface area contributed by atoms with Gasteiger partial charge in [0.25, 0.3) is 0 Å². The monoisotopic (exact) mass is 222 g/mol. The summed E-state index contributed by atoms with van der Waals surface area (Å²) in [6.45, 7) is 6.23. The van der Waals surface area contributed by atoms with Crippen molar-refractivity contribution in [2.75, 3.05) is 0 Å². The summed E-state index contributed by atoms with van der Waals surface area (Å²) < 4.78 is 5.80. The molecule has 1 N–H and O–H groups in total. The Bertz CT molecular complexity index is 288. The third-order valence-electron chi connectivity index (χ3n) is 2.87. The van der Waals surface area contributed by atoms with Crippen molar-refractivity contribution in [3.63, 3.8) is 0 Å². The van der Waals surface area contributed by atoms with E-state index in [9.17, 15) is 5.11 Å². The first-order chi connectivity index (χ1) is 7.71. The second-order valence-electron chi connectivity index (χ2n) is 4.05.